The van der Waals surface area contributed by atoms with E-state index in [4.69, 9.17) is 0 Å². The number of para-hydroxylation sites is 1. The van der Waals surface area contributed by atoms with Crippen LogP contribution in [0.25, 0.3) is 0 Å². The molecule has 0 saturated carbocycles. The monoisotopic (exact) mass is 275 g/mol. The predicted octanol–water partition coefficient (Wildman–Crippen LogP) is 3.40. The number of carbonyl (C=O) groups is 1. The lowest BCUT2D eigenvalue weighted by atomic mass is 10.0. The fourth-order valence-corrected chi connectivity index (χ4v) is 2.61. The summed E-state index contributed by atoms with van der Waals surface area (Å²) in [5, 5.41) is 3.43. The zero-order valence-electron chi connectivity index (χ0n) is 12.0. The summed E-state index contributed by atoms with van der Waals surface area (Å²) in [5.74, 6) is 6.69. The average Bonchev–Trinajstić information content (AvgIpc) is 2.63. The van der Waals surface area contributed by atoms with Crippen molar-refractivity contribution in [3.63, 3.8) is 0 Å². The van der Waals surface area contributed by atoms with Gasteiger partial charge in [0.15, 0.2) is 0 Å². The second-order valence-electron chi connectivity index (χ2n) is 5.42. The number of Topliss-reactive ketones (excluding diaryl/α,β-unsaturated/α-hetero) is 1. The summed E-state index contributed by atoms with van der Waals surface area (Å²) in [6.07, 6.45) is 1.06. The molecule has 2 aromatic rings. The van der Waals surface area contributed by atoms with Crippen LogP contribution in [0.1, 0.15) is 30.0 Å². The van der Waals surface area contributed by atoms with Crippen molar-refractivity contribution in [1.29, 1.82) is 0 Å². The molecule has 1 atom stereocenters. The smallest absolute Gasteiger partial charge is 0.139 e. The Morgan fingerprint density at radius 1 is 1.05 bits per heavy atom. The number of nitrogens with one attached hydrogen (secondary N) is 1. The van der Waals surface area contributed by atoms with Crippen LogP contribution in [0.5, 0.6) is 0 Å². The molecule has 0 aliphatic carbocycles. The van der Waals surface area contributed by atoms with Gasteiger partial charge in [0.1, 0.15) is 5.78 Å². The first-order valence-corrected chi connectivity index (χ1v) is 7.19. The Morgan fingerprint density at radius 3 is 2.67 bits per heavy atom. The summed E-state index contributed by atoms with van der Waals surface area (Å²) in [6, 6.07) is 16.1. The van der Waals surface area contributed by atoms with E-state index in [9.17, 15) is 4.79 Å². The van der Waals surface area contributed by atoms with E-state index in [-0.39, 0.29) is 11.8 Å². The third kappa shape index (κ3) is 3.14. The second-order valence-corrected chi connectivity index (χ2v) is 5.42. The standard InChI is InChI=1S/C19H17NO/c1-14-12-18(21)13-17-9-5-8-16(19(17)20-14)11-10-15-6-3-2-4-7-15/h2-9,14,20H,12-13H2,1H3/t14-/m1/s1. The maximum atomic E-state index is 11.9. The molecule has 2 heteroatoms. The lowest BCUT2D eigenvalue weighted by Crippen LogP contribution is -2.17. The summed E-state index contributed by atoms with van der Waals surface area (Å²) in [4.78, 5) is 11.9. The van der Waals surface area contributed by atoms with Gasteiger partial charge in [-0.3, -0.25) is 4.79 Å². The Morgan fingerprint density at radius 2 is 1.86 bits per heavy atom. The minimum Gasteiger partial charge on any atom is -0.381 e. The van der Waals surface area contributed by atoms with Gasteiger partial charge < -0.3 is 5.32 Å². The first-order valence-electron chi connectivity index (χ1n) is 7.19. The zero-order valence-corrected chi connectivity index (χ0v) is 12.0. The Bertz CT molecular complexity index is 722. The van der Waals surface area contributed by atoms with Gasteiger partial charge in [0, 0.05) is 30.0 Å². The van der Waals surface area contributed by atoms with Crippen LogP contribution in [0.15, 0.2) is 48.5 Å². The summed E-state index contributed by atoms with van der Waals surface area (Å²) < 4.78 is 0. The van der Waals surface area contributed by atoms with Gasteiger partial charge in [-0.2, -0.15) is 0 Å². The van der Waals surface area contributed by atoms with Crippen LogP contribution in [0.3, 0.4) is 0 Å². The molecule has 1 aliphatic heterocycles. The highest BCUT2D eigenvalue weighted by Gasteiger charge is 2.19. The maximum absolute atomic E-state index is 11.9. The van der Waals surface area contributed by atoms with Crippen LogP contribution < -0.4 is 5.32 Å². The predicted molar refractivity (Wildman–Crippen MR) is 85.3 cm³/mol. The molecular weight excluding hydrogens is 258 g/mol. The van der Waals surface area contributed by atoms with Crippen molar-refractivity contribution < 1.29 is 4.79 Å². The lowest BCUT2D eigenvalue weighted by Gasteiger charge is -2.14. The van der Waals surface area contributed by atoms with Crippen molar-refractivity contribution in [1.82, 2.24) is 0 Å². The Kier molecular flexibility index (Phi) is 3.75. The molecule has 1 N–H and O–H groups in total. The molecule has 0 radical (unpaired) electrons. The Balaban J connectivity index is 2.00. The molecule has 21 heavy (non-hydrogen) atoms. The van der Waals surface area contributed by atoms with Gasteiger partial charge in [0.25, 0.3) is 0 Å². The number of hydrogen-bond acceptors (Lipinski definition) is 2. The van der Waals surface area contributed by atoms with Gasteiger partial charge in [-0.05, 0) is 30.7 Å². The van der Waals surface area contributed by atoms with Crippen molar-refractivity contribution in [2.45, 2.75) is 25.8 Å². The number of ketones is 1. The van der Waals surface area contributed by atoms with E-state index in [1.54, 1.807) is 0 Å². The summed E-state index contributed by atoms with van der Waals surface area (Å²) >= 11 is 0. The van der Waals surface area contributed by atoms with Crippen LogP contribution in [-0.2, 0) is 11.2 Å². The summed E-state index contributed by atoms with van der Waals surface area (Å²) in [7, 11) is 0. The fourth-order valence-electron chi connectivity index (χ4n) is 2.61. The maximum Gasteiger partial charge on any atom is 0.139 e. The molecule has 1 aliphatic rings. The van der Waals surface area contributed by atoms with E-state index >= 15 is 0 Å². The van der Waals surface area contributed by atoms with Gasteiger partial charge in [-0.1, -0.05) is 42.2 Å². The molecule has 3 rings (SSSR count). The van der Waals surface area contributed by atoms with Gasteiger partial charge in [0.2, 0.25) is 0 Å². The van der Waals surface area contributed by atoms with Crippen LogP contribution >= 0.6 is 0 Å². The van der Waals surface area contributed by atoms with Crippen molar-refractivity contribution in [2.24, 2.45) is 0 Å². The van der Waals surface area contributed by atoms with Crippen LogP contribution in [0.2, 0.25) is 0 Å². The molecule has 0 fully saturated rings. The molecule has 2 nitrogen and oxygen atoms in total. The number of benzene rings is 2. The quantitative estimate of drug-likeness (QED) is 0.747. The van der Waals surface area contributed by atoms with Crippen molar-refractivity contribution in [3.8, 4) is 11.8 Å². The van der Waals surface area contributed by atoms with Crippen molar-refractivity contribution in [2.75, 3.05) is 5.32 Å². The Labute approximate surface area is 125 Å². The second kappa shape index (κ2) is 5.85. The third-order valence-electron chi connectivity index (χ3n) is 3.58. The first kappa shape index (κ1) is 13.5. The number of rotatable bonds is 0. The zero-order chi connectivity index (χ0) is 14.7. The third-order valence-corrected chi connectivity index (χ3v) is 3.58. The fraction of sp³-hybridized carbons (Fsp3) is 0.211. The highest BCUT2D eigenvalue weighted by molar-refractivity contribution is 5.86. The Hall–Kier alpha value is -2.53. The number of carbonyl (C=O) groups excluding carboxylic acids is 1. The SMILES string of the molecule is C[C@@H]1CC(=O)Cc2cccc(C#Cc3ccccc3)c2N1. The van der Waals surface area contributed by atoms with Crippen LogP contribution in [0, 0.1) is 11.8 Å². The number of fused-ring (bicyclic) bond motifs is 1. The van der Waals surface area contributed by atoms with E-state index in [1.807, 2.05) is 55.5 Å². The van der Waals surface area contributed by atoms with Crippen molar-refractivity contribution in [3.05, 3.63) is 65.2 Å². The first-order chi connectivity index (χ1) is 10.2. The topological polar surface area (TPSA) is 29.1 Å². The highest BCUT2D eigenvalue weighted by atomic mass is 16.1. The van der Waals surface area contributed by atoms with E-state index < -0.39 is 0 Å². The molecule has 0 unspecified atom stereocenters. The molecule has 0 spiro atoms. The molecular formula is C19H17NO. The molecule has 0 bridgehead atoms. The van der Waals surface area contributed by atoms with E-state index in [0.717, 1.165) is 22.4 Å². The van der Waals surface area contributed by atoms with Gasteiger partial charge in [-0.15, -0.1) is 0 Å². The molecule has 0 aromatic heterocycles. The average molecular weight is 275 g/mol. The van der Waals surface area contributed by atoms with Crippen molar-refractivity contribution >= 4 is 11.5 Å². The normalized spacial score (nSPS) is 17.0. The van der Waals surface area contributed by atoms with E-state index in [0.29, 0.717) is 12.8 Å². The largest absolute Gasteiger partial charge is 0.381 e. The van der Waals surface area contributed by atoms with Gasteiger partial charge >= 0.3 is 0 Å². The van der Waals surface area contributed by atoms with Crippen LogP contribution in [0.4, 0.5) is 5.69 Å². The van der Waals surface area contributed by atoms with E-state index in [2.05, 4.69) is 17.2 Å². The lowest BCUT2D eigenvalue weighted by molar-refractivity contribution is -0.118. The molecule has 2 aromatic carbocycles. The highest BCUT2D eigenvalue weighted by Crippen LogP contribution is 2.26. The van der Waals surface area contributed by atoms with E-state index in [1.165, 1.54) is 0 Å². The number of anilines is 1. The molecule has 0 amide bonds. The molecule has 1 heterocycles. The van der Waals surface area contributed by atoms with Gasteiger partial charge in [-0.25, -0.2) is 0 Å². The summed E-state index contributed by atoms with van der Waals surface area (Å²) in [6.45, 7) is 2.04. The van der Waals surface area contributed by atoms with Crippen LogP contribution in [-0.4, -0.2) is 11.8 Å². The number of hydrogen-bond donors (Lipinski definition) is 1. The molecule has 104 valence electrons. The van der Waals surface area contributed by atoms with Gasteiger partial charge in [0.05, 0.1) is 5.69 Å². The molecule has 0 saturated heterocycles. The minimum absolute atomic E-state index is 0.151. The minimum atomic E-state index is 0.151. The summed E-state index contributed by atoms with van der Waals surface area (Å²) in [5.41, 5.74) is 4.01.